The fourth-order valence-corrected chi connectivity index (χ4v) is 1.87. The summed E-state index contributed by atoms with van der Waals surface area (Å²) in [5.74, 6) is 0. The van der Waals surface area contributed by atoms with Gasteiger partial charge in [0.2, 0.25) is 0 Å². The first-order chi connectivity index (χ1) is 8.20. The van der Waals surface area contributed by atoms with Crippen molar-refractivity contribution in [3.63, 3.8) is 0 Å². The minimum Gasteiger partial charge on any atom is -0.326 e. The lowest BCUT2D eigenvalue weighted by Crippen LogP contribution is -2.24. The summed E-state index contributed by atoms with van der Waals surface area (Å²) in [6.07, 6.45) is 1.80. The molecule has 2 rings (SSSR count). The van der Waals surface area contributed by atoms with Gasteiger partial charge in [-0.1, -0.05) is 35.9 Å². The van der Waals surface area contributed by atoms with Crippen molar-refractivity contribution in [1.82, 2.24) is 4.57 Å². The highest BCUT2D eigenvalue weighted by Crippen LogP contribution is 2.05. The molecule has 3 heteroatoms. The molecule has 0 radical (unpaired) electrons. The smallest absolute Gasteiger partial charge is 0.255 e. The van der Waals surface area contributed by atoms with E-state index < -0.39 is 0 Å². The van der Waals surface area contributed by atoms with Crippen LogP contribution < -0.4 is 11.3 Å². The van der Waals surface area contributed by atoms with Crippen LogP contribution in [0.4, 0.5) is 0 Å². The van der Waals surface area contributed by atoms with Gasteiger partial charge in [0.15, 0.2) is 0 Å². The lowest BCUT2D eigenvalue weighted by molar-refractivity contribution is 0.743. The molecule has 2 N–H and O–H groups in total. The van der Waals surface area contributed by atoms with Crippen molar-refractivity contribution >= 4 is 0 Å². The van der Waals surface area contributed by atoms with E-state index in [2.05, 4.69) is 6.07 Å². The van der Waals surface area contributed by atoms with Crippen LogP contribution in [0.5, 0.6) is 0 Å². The molecule has 0 aliphatic carbocycles. The van der Waals surface area contributed by atoms with E-state index in [0.29, 0.717) is 12.1 Å². The van der Waals surface area contributed by atoms with E-state index in [1.54, 1.807) is 16.8 Å². The molecule has 88 valence electrons. The minimum absolute atomic E-state index is 0.00324. The predicted octanol–water partition coefficient (Wildman–Crippen LogP) is 1.66. The Morgan fingerprint density at radius 2 is 2.06 bits per heavy atom. The first kappa shape index (κ1) is 11.6. The molecule has 1 heterocycles. The van der Waals surface area contributed by atoms with E-state index in [9.17, 15) is 4.79 Å². The number of rotatable bonds is 3. The van der Waals surface area contributed by atoms with Crippen LogP contribution in [0, 0.1) is 6.92 Å². The van der Waals surface area contributed by atoms with Crippen molar-refractivity contribution < 1.29 is 0 Å². The molecule has 0 bridgehead atoms. The highest BCUT2D eigenvalue weighted by molar-refractivity contribution is 5.23. The van der Waals surface area contributed by atoms with Crippen molar-refractivity contribution in [2.45, 2.75) is 20.0 Å². The lowest BCUT2D eigenvalue weighted by atomic mass is 10.1. The highest BCUT2D eigenvalue weighted by Gasteiger charge is 2.02. The van der Waals surface area contributed by atoms with Gasteiger partial charge < -0.3 is 10.3 Å². The fraction of sp³-hybridized carbons (Fsp3) is 0.214. The number of nitrogens with zero attached hydrogens (tertiary/aromatic N) is 1. The molecule has 17 heavy (non-hydrogen) atoms. The molecule has 2 aromatic rings. The SMILES string of the molecule is Cc1cccc(Cn2cccc(CN)c2=O)c1. The molecule has 0 amide bonds. The van der Waals surface area contributed by atoms with Crippen LogP contribution >= 0.6 is 0 Å². The molecule has 0 saturated carbocycles. The van der Waals surface area contributed by atoms with E-state index in [1.165, 1.54) is 5.56 Å². The van der Waals surface area contributed by atoms with E-state index in [-0.39, 0.29) is 12.1 Å². The largest absolute Gasteiger partial charge is 0.326 e. The molecule has 0 fully saturated rings. The number of pyridine rings is 1. The molecular formula is C14H16N2O. The van der Waals surface area contributed by atoms with Crippen LogP contribution in [0.1, 0.15) is 16.7 Å². The van der Waals surface area contributed by atoms with Crippen LogP contribution in [-0.4, -0.2) is 4.57 Å². The Bertz CT molecular complexity index is 572. The first-order valence-corrected chi connectivity index (χ1v) is 5.64. The molecule has 0 aliphatic heterocycles. The third-order valence-corrected chi connectivity index (χ3v) is 2.75. The van der Waals surface area contributed by atoms with E-state index in [4.69, 9.17) is 5.73 Å². The summed E-state index contributed by atoms with van der Waals surface area (Å²) in [5.41, 5.74) is 8.50. The minimum atomic E-state index is -0.00324. The van der Waals surface area contributed by atoms with Gasteiger partial charge in [-0.25, -0.2) is 0 Å². The lowest BCUT2D eigenvalue weighted by Gasteiger charge is -2.07. The van der Waals surface area contributed by atoms with Gasteiger partial charge in [-0.2, -0.15) is 0 Å². The van der Waals surface area contributed by atoms with Crippen molar-refractivity contribution in [1.29, 1.82) is 0 Å². The van der Waals surface area contributed by atoms with Crippen molar-refractivity contribution in [3.8, 4) is 0 Å². The summed E-state index contributed by atoms with van der Waals surface area (Å²) in [6, 6.07) is 11.8. The van der Waals surface area contributed by atoms with Gasteiger partial charge in [0.1, 0.15) is 0 Å². The predicted molar refractivity (Wildman–Crippen MR) is 68.9 cm³/mol. The van der Waals surface area contributed by atoms with Crippen molar-refractivity contribution in [3.05, 3.63) is 69.6 Å². The van der Waals surface area contributed by atoms with E-state index in [1.807, 2.05) is 31.2 Å². The van der Waals surface area contributed by atoms with Crippen LogP contribution in [-0.2, 0) is 13.1 Å². The van der Waals surface area contributed by atoms with Gasteiger partial charge in [-0.3, -0.25) is 4.79 Å². The van der Waals surface area contributed by atoms with Gasteiger partial charge in [-0.05, 0) is 18.6 Å². The Hall–Kier alpha value is -1.87. The molecule has 0 spiro atoms. The van der Waals surface area contributed by atoms with Gasteiger partial charge in [-0.15, -0.1) is 0 Å². The molecular weight excluding hydrogens is 212 g/mol. The average molecular weight is 228 g/mol. The summed E-state index contributed by atoms with van der Waals surface area (Å²) in [5, 5.41) is 0. The zero-order valence-electron chi connectivity index (χ0n) is 9.89. The second kappa shape index (κ2) is 4.97. The molecule has 3 nitrogen and oxygen atoms in total. The van der Waals surface area contributed by atoms with Crippen LogP contribution in [0.15, 0.2) is 47.4 Å². The molecule has 0 saturated heterocycles. The van der Waals surface area contributed by atoms with Gasteiger partial charge in [0.25, 0.3) is 5.56 Å². The maximum Gasteiger partial charge on any atom is 0.255 e. The average Bonchev–Trinajstić information content (AvgIpc) is 2.32. The normalized spacial score (nSPS) is 10.5. The fourth-order valence-electron chi connectivity index (χ4n) is 1.87. The van der Waals surface area contributed by atoms with Crippen molar-refractivity contribution in [2.24, 2.45) is 5.73 Å². The number of hydrogen-bond donors (Lipinski definition) is 1. The number of hydrogen-bond acceptors (Lipinski definition) is 2. The summed E-state index contributed by atoms with van der Waals surface area (Å²) in [4.78, 5) is 12.0. The third kappa shape index (κ3) is 2.63. The van der Waals surface area contributed by atoms with Gasteiger partial charge >= 0.3 is 0 Å². The van der Waals surface area contributed by atoms with Gasteiger partial charge in [0, 0.05) is 18.3 Å². The quantitative estimate of drug-likeness (QED) is 0.868. The standard InChI is InChI=1S/C14H16N2O/c1-11-4-2-5-12(8-11)10-16-7-3-6-13(9-15)14(16)17/h2-8H,9-10,15H2,1H3. The Balaban J connectivity index is 2.34. The first-order valence-electron chi connectivity index (χ1n) is 5.64. The Morgan fingerprint density at radius 1 is 1.24 bits per heavy atom. The zero-order valence-corrected chi connectivity index (χ0v) is 9.89. The summed E-state index contributed by atoms with van der Waals surface area (Å²) >= 11 is 0. The monoisotopic (exact) mass is 228 g/mol. The number of nitrogens with two attached hydrogens (primary N) is 1. The Labute approximate surface area is 101 Å². The van der Waals surface area contributed by atoms with Crippen molar-refractivity contribution in [2.75, 3.05) is 0 Å². The molecule has 1 aromatic carbocycles. The maximum absolute atomic E-state index is 12.0. The molecule has 0 atom stereocenters. The summed E-state index contributed by atoms with van der Waals surface area (Å²) < 4.78 is 1.69. The van der Waals surface area contributed by atoms with E-state index in [0.717, 1.165) is 5.56 Å². The highest BCUT2D eigenvalue weighted by atomic mass is 16.1. The topological polar surface area (TPSA) is 48.0 Å². The number of benzene rings is 1. The second-order valence-electron chi connectivity index (χ2n) is 4.16. The van der Waals surface area contributed by atoms with Crippen LogP contribution in [0.3, 0.4) is 0 Å². The Morgan fingerprint density at radius 3 is 2.76 bits per heavy atom. The van der Waals surface area contributed by atoms with Crippen LogP contribution in [0.2, 0.25) is 0 Å². The third-order valence-electron chi connectivity index (χ3n) is 2.75. The van der Waals surface area contributed by atoms with E-state index >= 15 is 0 Å². The maximum atomic E-state index is 12.0. The molecule has 1 aromatic heterocycles. The van der Waals surface area contributed by atoms with Crippen LogP contribution in [0.25, 0.3) is 0 Å². The Kier molecular flexibility index (Phi) is 3.40. The number of aromatic nitrogens is 1. The van der Waals surface area contributed by atoms with Gasteiger partial charge in [0.05, 0.1) is 6.54 Å². The zero-order chi connectivity index (χ0) is 12.3. The molecule has 0 unspecified atom stereocenters. The molecule has 0 aliphatic rings. The summed E-state index contributed by atoms with van der Waals surface area (Å²) in [7, 11) is 0. The summed E-state index contributed by atoms with van der Waals surface area (Å²) in [6.45, 7) is 2.92. The second-order valence-corrected chi connectivity index (χ2v) is 4.16. The number of aryl methyl sites for hydroxylation is 1.